The molecule has 0 radical (unpaired) electrons. The number of anilines is 1. The largest absolute Gasteiger partial charge is 0.406 e. The minimum Gasteiger partial charge on any atom is -0.331 e. The number of nitrogens with zero attached hydrogens (tertiary/aromatic N) is 3. The van der Waals surface area contributed by atoms with Gasteiger partial charge in [-0.3, -0.25) is 0 Å². The average molecular weight is 298 g/mol. The first-order chi connectivity index (χ1) is 7.42. The smallest absolute Gasteiger partial charge is 0.331 e. The van der Waals surface area contributed by atoms with Crippen molar-refractivity contribution in [1.29, 1.82) is 0 Å². The molecule has 0 saturated carbocycles. The molecule has 1 heterocycles. The SMILES string of the molecule is Cc1cnc(N(CCBr)CC(F)(F)F)nc1. The van der Waals surface area contributed by atoms with E-state index in [1.165, 1.54) is 12.4 Å². The lowest BCUT2D eigenvalue weighted by molar-refractivity contribution is -0.119. The van der Waals surface area contributed by atoms with Gasteiger partial charge >= 0.3 is 6.18 Å². The third-order valence-corrected chi connectivity index (χ3v) is 2.13. The molecule has 16 heavy (non-hydrogen) atoms. The van der Waals surface area contributed by atoms with Crippen LogP contribution in [0.2, 0.25) is 0 Å². The Morgan fingerprint density at radius 3 is 2.31 bits per heavy atom. The Morgan fingerprint density at radius 2 is 1.88 bits per heavy atom. The minimum atomic E-state index is -4.25. The van der Waals surface area contributed by atoms with E-state index in [4.69, 9.17) is 0 Å². The van der Waals surface area contributed by atoms with Crippen LogP contribution in [-0.4, -0.2) is 34.6 Å². The highest BCUT2D eigenvalue weighted by Crippen LogP contribution is 2.19. The number of aromatic nitrogens is 2. The lowest BCUT2D eigenvalue weighted by atomic mass is 10.4. The molecule has 0 aliphatic rings. The molecular formula is C9H11BrF3N3. The van der Waals surface area contributed by atoms with Crippen LogP contribution in [0, 0.1) is 6.92 Å². The second-order valence-electron chi connectivity index (χ2n) is 3.29. The van der Waals surface area contributed by atoms with Crippen molar-refractivity contribution >= 4 is 21.9 Å². The summed E-state index contributed by atoms with van der Waals surface area (Å²) in [5, 5.41) is 0.431. The Morgan fingerprint density at radius 1 is 1.31 bits per heavy atom. The Balaban J connectivity index is 2.80. The normalized spacial score (nSPS) is 11.6. The fraction of sp³-hybridized carbons (Fsp3) is 0.556. The summed E-state index contributed by atoms with van der Waals surface area (Å²) in [7, 11) is 0. The van der Waals surface area contributed by atoms with Crippen LogP contribution in [-0.2, 0) is 0 Å². The van der Waals surface area contributed by atoms with Crippen molar-refractivity contribution in [2.24, 2.45) is 0 Å². The van der Waals surface area contributed by atoms with E-state index in [2.05, 4.69) is 25.9 Å². The van der Waals surface area contributed by atoms with Gasteiger partial charge in [-0.1, -0.05) is 15.9 Å². The molecule has 0 atom stereocenters. The van der Waals surface area contributed by atoms with Gasteiger partial charge in [0.1, 0.15) is 6.54 Å². The van der Waals surface area contributed by atoms with E-state index in [0.717, 1.165) is 10.5 Å². The molecule has 0 N–H and O–H groups in total. The molecule has 0 bridgehead atoms. The molecule has 0 amide bonds. The monoisotopic (exact) mass is 297 g/mol. The van der Waals surface area contributed by atoms with Crippen molar-refractivity contribution in [3.8, 4) is 0 Å². The fourth-order valence-corrected chi connectivity index (χ4v) is 1.55. The molecule has 7 heteroatoms. The summed E-state index contributed by atoms with van der Waals surface area (Å²) in [6, 6.07) is 0. The number of hydrogen-bond donors (Lipinski definition) is 0. The molecule has 1 rings (SSSR count). The predicted octanol–water partition coefficient (Wildman–Crippen LogP) is 2.55. The lowest BCUT2D eigenvalue weighted by Crippen LogP contribution is -2.36. The molecular weight excluding hydrogens is 287 g/mol. The fourth-order valence-electron chi connectivity index (χ4n) is 1.12. The maximum Gasteiger partial charge on any atom is 0.406 e. The van der Waals surface area contributed by atoms with Crippen LogP contribution in [0.3, 0.4) is 0 Å². The van der Waals surface area contributed by atoms with Crippen molar-refractivity contribution < 1.29 is 13.2 Å². The summed E-state index contributed by atoms with van der Waals surface area (Å²) in [5.41, 5.74) is 0.814. The van der Waals surface area contributed by atoms with Crippen LogP contribution in [0.25, 0.3) is 0 Å². The molecule has 0 saturated heterocycles. The van der Waals surface area contributed by atoms with Crippen LogP contribution in [0.4, 0.5) is 19.1 Å². The molecule has 3 nitrogen and oxygen atoms in total. The summed E-state index contributed by atoms with van der Waals surface area (Å²) >= 11 is 3.10. The summed E-state index contributed by atoms with van der Waals surface area (Å²) < 4.78 is 36.8. The first-order valence-corrected chi connectivity index (χ1v) is 5.71. The molecule has 0 fully saturated rings. The van der Waals surface area contributed by atoms with E-state index >= 15 is 0 Å². The zero-order chi connectivity index (χ0) is 12.2. The lowest BCUT2D eigenvalue weighted by Gasteiger charge is -2.22. The highest BCUT2D eigenvalue weighted by molar-refractivity contribution is 9.09. The van der Waals surface area contributed by atoms with Crippen LogP contribution < -0.4 is 4.90 Å². The molecule has 0 aliphatic heterocycles. The minimum absolute atomic E-state index is 0.0994. The second-order valence-corrected chi connectivity index (χ2v) is 4.08. The van der Waals surface area contributed by atoms with Gasteiger partial charge in [0.15, 0.2) is 0 Å². The van der Waals surface area contributed by atoms with Crippen molar-refractivity contribution in [1.82, 2.24) is 9.97 Å². The Kier molecular flexibility index (Phi) is 4.52. The van der Waals surface area contributed by atoms with Gasteiger partial charge in [-0.25, -0.2) is 9.97 Å². The molecule has 0 aromatic carbocycles. The molecule has 0 spiro atoms. The van der Waals surface area contributed by atoms with Gasteiger partial charge in [-0.2, -0.15) is 13.2 Å². The van der Waals surface area contributed by atoms with Crippen molar-refractivity contribution in [3.05, 3.63) is 18.0 Å². The summed E-state index contributed by atoms with van der Waals surface area (Å²) in [4.78, 5) is 8.84. The van der Waals surface area contributed by atoms with E-state index in [0.29, 0.717) is 5.33 Å². The Hall–Kier alpha value is -0.850. The van der Waals surface area contributed by atoms with Crippen LogP contribution in [0.15, 0.2) is 12.4 Å². The van der Waals surface area contributed by atoms with Crippen molar-refractivity contribution in [2.45, 2.75) is 13.1 Å². The zero-order valence-corrected chi connectivity index (χ0v) is 10.2. The Labute approximate surface area is 99.8 Å². The summed E-state index contributed by atoms with van der Waals surface area (Å²) in [5.74, 6) is 0.0994. The van der Waals surface area contributed by atoms with Crippen LogP contribution in [0.5, 0.6) is 0 Å². The highest BCUT2D eigenvalue weighted by Gasteiger charge is 2.31. The van der Waals surface area contributed by atoms with Crippen LogP contribution in [0.1, 0.15) is 5.56 Å². The zero-order valence-electron chi connectivity index (χ0n) is 8.63. The Bertz CT molecular complexity index is 326. The van der Waals surface area contributed by atoms with Gasteiger partial charge in [0.2, 0.25) is 5.95 Å². The average Bonchev–Trinajstić information content (AvgIpc) is 2.16. The third-order valence-electron chi connectivity index (χ3n) is 1.77. The molecule has 1 aromatic heterocycles. The first-order valence-electron chi connectivity index (χ1n) is 4.58. The number of alkyl halides is 4. The standard InChI is InChI=1S/C9H11BrF3N3/c1-7-4-14-8(15-5-7)16(3-2-10)6-9(11,12)13/h4-5H,2-3,6H2,1H3. The molecule has 1 aromatic rings. The van der Waals surface area contributed by atoms with E-state index in [1.54, 1.807) is 6.92 Å². The number of halogens is 4. The maximum atomic E-state index is 12.3. The van der Waals surface area contributed by atoms with Gasteiger partial charge in [0.25, 0.3) is 0 Å². The predicted molar refractivity (Wildman–Crippen MR) is 58.8 cm³/mol. The second kappa shape index (κ2) is 5.47. The number of aryl methyl sites for hydroxylation is 1. The van der Waals surface area contributed by atoms with E-state index in [1.807, 2.05) is 0 Å². The quantitative estimate of drug-likeness (QED) is 0.800. The van der Waals surface area contributed by atoms with E-state index < -0.39 is 12.7 Å². The van der Waals surface area contributed by atoms with Gasteiger partial charge in [-0.15, -0.1) is 0 Å². The summed E-state index contributed by atoms with van der Waals surface area (Å²) in [6.07, 6.45) is -1.25. The van der Waals surface area contributed by atoms with E-state index in [-0.39, 0.29) is 12.5 Å². The number of hydrogen-bond acceptors (Lipinski definition) is 3. The number of rotatable bonds is 4. The summed E-state index contributed by atoms with van der Waals surface area (Å²) in [6.45, 7) is 0.951. The van der Waals surface area contributed by atoms with Crippen LogP contribution >= 0.6 is 15.9 Å². The van der Waals surface area contributed by atoms with E-state index in [9.17, 15) is 13.2 Å². The van der Waals surface area contributed by atoms with Crippen molar-refractivity contribution in [3.63, 3.8) is 0 Å². The molecule has 0 unspecified atom stereocenters. The van der Waals surface area contributed by atoms with Gasteiger partial charge in [0, 0.05) is 24.3 Å². The van der Waals surface area contributed by atoms with Gasteiger partial charge in [0.05, 0.1) is 0 Å². The van der Waals surface area contributed by atoms with Gasteiger partial charge in [-0.05, 0) is 12.5 Å². The third kappa shape index (κ3) is 4.34. The topological polar surface area (TPSA) is 29.0 Å². The molecule has 90 valence electrons. The molecule has 0 aliphatic carbocycles. The van der Waals surface area contributed by atoms with Gasteiger partial charge < -0.3 is 4.90 Å². The highest BCUT2D eigenvalue weighted by atomic mass is 79.9. The first kappa shape index (κ1) is 13.2. The van der Waals surface area contributed by atoms with Crippen molar-refractivity contribution in [2.75, 3.05) is 23.3 Å². The maximum absolute atomic E-state index is 12.3.